The minimum atomic E-state index is -4.58. The topological polar surface area (TPSA) is 156 Å². The third kappa shape index (κ3) is 8.10. The van der Waals surface area contributed by atoms with Gasteiger partial charge in [0.1, 0.15) is 18.8 Å². The van der Waals surface area contributed by atoms with E-state index < -0.39 is 44.0 Å². The van der Waals surface area contributed by atoms with Gasteiger partial charge in [-0.3, -0.25) is 18.9 Å². The van der Waals surface area contributed by atoms with Crippen molar-refractivity contribution in [3.63, 3.8) is 0 Å². The summed E-state index contributed by atoms with van der Waals surface area (Å²) in [5.41, 5.74) is 5.79. The summed E-state index contributed by atoms with van der Waals surface area (Å²) < 4.78 is 15.6. The average Bonchev–Trinajstić information content (AvgIpc) is 2.43. The molecule has 0 spiro atoms. The maximum atomic E-state index is 11.7. The molecule has 23 heavy (non-hydrogen) atoms. The summed E-state index contributed by atoms with van der Waals surface area (Å²) in [5, 5.41) is 2.00. The van der Waals surface area contributed by atoms with Crippen LogP contribution in [0.2, 0.25) is 0 Å². The Balaban J connectivity index is 2.52. The molecule has 1 aromatic rings. The van der Waals surface area contributed by atoms with E-state index >= 15 is 0 Å². The molecule has 9 nitrogen and oxygen atoms in total. The Morgan fingerprint density at radius 2 is 1.83 bits per heavy atom. The van der Waals surface area contributed by atoms with Gasteiger partial charge in [-0.15, -0.1) is 0 Å². The molecule has 126 valence electrons. The van der Waals surface area contributed by atoms with E-state index in [9.17, 15) is 18.9 Å². The number of nitrogens with one attached hydrogen (secondary N) is 1. The van der Waals surface area contributed by atoms with Crippen LogP contribution in [0.4, 0.5) is 0 Å². The fourth-order valence-electron chi connectivity index (χ4n) is 1.61. The quantitative estimate of drug-likeness (QED) is 0.358. The van der Waals surface area contributed by atoms with Gasteiger partial charge < -0.3 is 25.6 Å². The fourth-order valence-corrected chi connectivity index (χ4v) is 2.08. The van der Waals surface area contributed by atoms with Crippen LogP contribution < -0.4 is 11.1 Å². The molecule has 2 amide bonds. The number of nitrogens with two attached hydrogens (primary N) is 1. The summed E-state index contributed by atoms with van der Waals surface area (Å²) in [6.45, 7) is -0.0123. The maximum Gasteiger partial charge on any atom is 0.334 e. The highest BCUT2D eigenvalue weighted by Crippen LogP contribution is 2.33. The van der Waals surface area contributed by atoms with Gasteiger partial charge in [0.25, 0.3) is 0 Å². The Morgan fingerprint density at radius 1 is 1.22 bits per heavy atom. The average molecular weight is 344 g/mol. The van der Waals surface area contributed by atoms with Crippen LogP contribution in [-0.2, 0) is 30.3 Å². The van der Waals surface area contributed by atoms with Gasteiger partial charge in [-0.05, 0) is 5.56 Å². The van der Waals surface area contributed by atoms with Crippen LogP contribution in [0.5, 0.6) is 0 Å². The van der Waals surface area contributed by atoms with Crippen LogP contribution in [0.3, 0.4) is 0 Å². The molecule has 0 radical (unpaired) electrons. The second-order valence-corrected chi connectivity index (χ2v) is 6.34. The molecule has 1 atom stereocenters. The van der Waals surface area contributed by atoms with Gasteiger partial charge in [-0.25, -0.2) is 0 Å². The largest absolute Gasteiger partial charge is 0.461 e. The van der Waals surface area contributed by atoms with Gasteiger partial charge in [-0.1, -0.05) is 30.3 Å². The molecular weight excluding hydrogens is 327 g/mol. The number of hydrogen-bond donors (Lipinski definition) is 4. The number of esters is 1. The first kappa shape index (κ1) is 18.8. The molecule has 10 heteroatoms. The lowest BCUT2D eigenvalue weighted by molar-refractivity contribution is -0.147. The maximum absolute atomic E-state index is 11.7. The normalized spacial score (nSPS) is 12.3. The van der Waals surface area contributed by atoms with E-state index in [-0.39, 0.29) is 6.61 Å². The van der Waals surface area contributed by atoms with Gasteiger partial charge >= 0.3 is 13.6 Å². The van der Waals surface area contributed by atoms with Crippen LogP contribution in [0.1, 0.15) is 12.0 Å². The van der Waals surface area contributed by atoms with Crippen molar-refractivity contribution in [3.05, 3.63) is 35.9 Å². The molecule has 1 rings (SSSR count). The number of carbonyl (C=O) groups is 3. The zero-order valence-corrected chi connectivity index (χ0v) is 12.9. The number of benzene rings is 1. The summed E-state index contributed by atoms with van der Waals surface area (Å²) in [6, 6.07) is 7.39. The molecule has 5 N–H and O–H groups in total. The summed E-state index contributed by atoms with van der Waals surface area (Å²) in [5.74, 6) is -2.88. The summed E-state index contributed by atoms with van der Waals surface area (Å²) >= 11 is 0. The van der Waals surface area contributed by atoms with Crippen molar-refractivity contribution in [1.82, 2.24) is 5.32 Å². The second kappa shape index (κ2) is 8.42. The van der Waals surface area contributed by atoms with E-state index in [0.717, 1.165) is 5.56 Å². The van der Waals surface area contributed by atoms with Crippen molar-refractivity contribution in [1.29, 1.82) is 0 Å². The van der Waals surface area contributed by atoms with Crippen molar-refractivity contribution >= 4 is 25.4 Å². The lowest BCUT2D eigenvalue weighted by atomic mass is 10.2. The SMILES string of the molecule is NC(=O)[C@H](CC(=O)OCc1ccccc1)NC(=O)CP(=O)(O)O. The molecule has 0 aromatic heterocycles. The Bertz CT molecular complexity index is 614. The fraction of sp³-hybridized carbons (Fsp3) is 0.308. The predicted molar refractivity (Wildman–Crippen MR) is 78.9 cm³/mol. The lowest BCUT2D eigenvalue weighted by Gasteiger charge is -2.15. The van der Waals surface area contributed by atoms with Gasteiger partial charge in [0, 0.05) is 0 Å². The molecule has 0 fully saturated rings. The molecule has 0 aliphatic rings. The van der Waals surface area contributed by atoms with Gasteiger partial charge in [0.05, 0.1) is 6.42 Å². The molecule has 0 aliphatic heterocycles. The first-order chi connectivity index (χ1) is 10.7. The number of rotatable bonds is 8. The number of amides is 2. The van der Waals surface area contributed by atoms with Crippen molar-refractivity contribution in [2.45, 2.75) is 19.1 Å². The number of hydrogen-bond acceptors (Lipinski definition) is 5. The zero-order chi connectivity index (χ0) is 17.5. The van der Waals surface area contributed by atoms with E-state index in [1.165, 1.54) is 0 Å². The number of carbonyl (C=O) groups excluding carboxylic acids is 3. The van der Waals surface area contributed by atoms with E-state index in [2.05, 4.69) is 0 Å². The van der Waals surface area contributed by atoms with E-state index in [4.69, 9.17) is 20.3 Å². The Hall–Kier alpha value is -2.22. The number of primary amides is 1. The highest BCUT2D eigenvalue weighted by molar-refractivity contribution is 7.52. The molecule has 0 saturated heterocycles. The minimum absolute atomic E-state index is 0.0123. The van der Waals surface area contributed by atoms with Crippen molar-refractivity contribution < 1.29 is 33.5 Å². The van der Waals surface area contributed by atoms with Crippen molar-refractivity contribution in [2.24, 2.45) is 5.73 Å². The van der Waals surface area contributed by atoms with Crippen molar-refractivity contribution in [2.75, 3.05) is 6.16 Å². The highest BCUT2D eigenvalue weighted by Gasteiger charge is 2.26. The Morgan fingerprint density at radius 3 is 2.35 bits per heavy atom. The third-order valence-electron chi connectivity index (χ3n) is 2.64. The number of ether oxygens (including phenoxy) is 1. The van der Waals surface area contributed by atoms with E-state index in [1.54, 1.807) is 30.3 Å². The lowest BCUT2D eigenvalue weighted by Crippen LogP contribution is -2.46. The summed E-state index contributed by atoms with van der Waals surface area (Å²) in [4.78, 5) is 51.6. The predicted octanol–water partition coefficient (Wildman–Crippen LogP) is -0.732. The highest BCUT2D eigenvalue weighted by atomic mass is 31.2. The minimum Gasteiger partial charge on any atom is -0.461 e. The van der Waals surface area contributed by atoms with Crippen LogP contribution in [0.25, 0.3) is 0 Å². The Kier molecular flexibility index (Phi) is 6.89. The van der Waals surface area contributed by atoms with E-state index in [0.29, 0.717) is 0 Å². The molecular formula is C13H17N2O7P. The first-order valence-corrected chi connectivity index (χ1v) is 8.30. The van der Waals surface area contributed by atoms with Crippen LogP contribution in [-0.4, -0.2) is 39.8 Å². The standard InChI is InChI=1S/C13H17N2O7P/c14-13(18)10(15-11(16)8-23(19,20)21)6-12(17)22-7-9-4-2-1-3-5-9/h1-5,10H,6-8H2,(H2,14,18)(H,15,16)(H2,19,20,21)/t10-/m0/s1. The Labute approximate surface area is 132 Å². The molecule has 0 unspecified atom stereocenters. The van der Waals surface area contributed by atoms with Gasteiger partial charge in [0.15, 0.2) is 0 Å². The third-order valence-corrected chi connectivity index (χ3v) is 3.34. The molecule has 0 saturated carbocycles. The molecule has 0 aliphatic carbocycles. The molecule has 0 heterocycles. The molecule has 0 bridgehead atoms. The van der Waals surface area contributed by atoms with Gasteiger partial charge in [-0.2, -0.15) is 0 Å². The summed E-state index contributed by atoms with van der Waals surface area (Å²) in [7, 11) is -4.58. The van der Waals surface area contributed by atoms with Gasteiger partial charge in [0.2, 0.25) is 11.8 Å². The van der Waals surface area contributed by atoms with E-state index in [1.807, 2.05) is 5.32 Å². The van der Waals surface area contributed by atoms with Crippen LogP contribution in [0, 0.1) is 0 Å². The second-order valence-electron chi connectivity index (χ2n) is 4.70. The van der Waals surface area contributed by atoms with Crippen molar-refractivity contribution in [3.8, 4) is 0 Å². The zero-order valence-electron chi connectivity index (χ0n) is 12.0. The van der Waals surface area contributed by atoms with Crippen LogP contribution in [0.15, 0.2) is 30.3 Å². The smallest absolute Gasteiger partial charge is 0.334 e. The molecule has 1 aromatic carbocycles. The first-order valence-electron chi connectivity index (χ1n) is 6.50. The summed E-state index contributed by atoms with van der Waals surface area (Å²) in [6.07, 6.45) is -1.63. The monoisotopic (exact) mass is 344 g/mol. The van der Waals surface area contributed by atoms with Crippen LogP contribution >= 0.6 is 7.60 Å².